The van der Waals surface area contributed by atoms with Gasteiger partial charge in [-0.25, -0.2) is 0 Å². The van der Waals surface area contributed by atoms with Crippen LogP contribution in [0.3, 0.4) is 0 Å². The first-order valence-corrected chi connectivity index (χ1v) is 14.2. The van der Waals surface area contributed by atoms with Crippen molar-refractivity contribution in [3.63, 3.8) is 0 Å². The number of aromatic nitrogens is 2. The summed E-state index contributed by atoms with van der Waals surface area (Å²) in [5, 5.41) is 2.96. The third-order valence-electron chi connectivity index (χ3n) is 7.75. The summed E-state index contributed by atoms with van der Waals surface area (Å²) in [5.74, 6) is 2.30. The molecule has 0 amide bonds. The zero-order valence-corrected chi connectivity index (χ0v) is 25.4. The van der Waals surface area contributed by atoms with E-state index in [0.717, 1.165) is 56.1 Å². The number of rotatable bonds is 9. The number of hydrogen-bond donors (Lipinski definition) is 2. The molecule has 0 spiro atoms. The molecule has 0 unspecified atom stereocenters. The molecule has 6 aromatic rings. The van der Waals surface area contributed by atoms with E-state index in [4.69, 9.17) is 42.1 Å². The van der Waals surface area contributed by atoms with Crippen LogP contribution in [0.2, 0.25) is 10.0 Å². The average molecular weight is 616 g/mol. The van der Waals surface area contributed by atoms with Gasteiger partial charge in [0.15, 0.2) is 6.29 Å². The Labute approximate surface area is 258 Å². The monoisotopic (exact) mass is 614 g/mol. The highest BCUT2D eigenvalue weighted by Gasteiger charge is 2.26. The lowest BCUT2D eigenvalue weighted by Gasteiger charge is -2.15. The molecule has 43 heavy (non-hydrogen) atoms. The van der Waals surface area contributed by atoms with E-state index in [1.807, 2.05) is 60.8 Å². The zero-order chi connectivity index (χ0) is 30.2. The van der Waals surface area contributed by atoms with Gasteiger partial charge >= 0.3 is 0 Å². The summed E-state index contributed by atoms with van der Waals surface area (Å²) in [6, 6.07) is 18.9. The van der Waals surface area contributed by atoms with Crippen LogP contribution in [0.1, 0.15) is 21.6 Å². The SMILES string of the molecule is COc1cc(OC)c2c(-c3ccc(Cl)cc3)c(Cc3c(OC)cc(OC)c4c(-c5ccc(Cl)cc5)c[nH]c34)[nH]c2c1C=O. The molecule has 2 heterocycles. The van der Waals surface area contributed by atoms with Crippen LogP contribution in [0.5, 0.6) is 23.0 Å². The number of carbonyl (C=O) groups excluding carboxylic acids is 1. The first kappa shape index (κ1) is 28.5. The second kappa shape index (κ2) is 11.6. The summed E-state index contributed by atoms with van der Waals surface area (Å²) >= 11 is 12.4. The number of hydrogen-bond acceptors (Lipinski definition) is 5. The highest BCUT2D eigenvalue weighted by Crippen LogP contribution is 2.46. The van der Waals surface area contributed by atoms with Crippen molar-refractivity contribution in [1.29, 1.82) is 0 Å². The number of H-pyrrole nitrogens is 2. The molecule has 9 heteroatoms. The van der Waals surface area contributed by atoms with Crippen LogP contribution in [0.4, 0.5) is 0 Å². The van der Waals surface area contributed by atoms with Crippen molar-refractivity contribution in [1.82, 2.24) is 9.97 Å². The van der Waals surface area contributed by atoms with Crippen molar-refractivity contribution in [3.05, 3.63) is 93.7 Å². The largest absolute Gasteiger partial charge is 0.496 e. The first-order chi connectivity index (χ1) is 20.9. The molecular weight excluding hydrogens is 587 g/mol. The fraction of sp³-hybridized carbons (Fsp3) is 0.147. The fourth-order valence-corrected chi connectivity index (χ4v) is 6.03. The van der Waals surface area contributed by atoms with Crippen LogP contribution >= 0.6 is 23.2 Å². The topological polar surface area (TPSA) is 85.6 Å². The summed E-state index contributed by atoms with van der Waals surface area (Å²) < 4.78 is 23.1. The van der Waals surface area contributed by atoms with Crippen molar-refractivity contribution in [2.24, 2.45) is 0 Å². The minimum absolute atomic E-state index is 0.400. The smallest absolute Gasteiger partial charge is 0.155 e. The van der Waals surface area contributed by atoms with Crippen LogP contribution in [-0.2, 0) is 6.42 Å². The number of halogens is 2. The van der Waals surface area contributed by atoms with Gasteiger partial charge in [-0.1, -0.05) is 47.5 Å². The average Bonchev–Trinajstić information content (AvgIpc) is 3.64. The minimum Gasteiger partial charge on any atom is -0.496 e. The molecule has 0 bridgehead atoms. The predicted molar refractivity (Wildman–Crippen MR) is 172 cm³/mol. The summed E-state index contributed by atoms with van der Waals surface area (Å²) in [7, 11) is 6.40. The fourth-order valence-electron chi connectivity index (χ4n) is 5.78. The van der Waals surface area contributed by atoms with Crippen LogP contribution < -0.4 is 18.9 Å². The van der Waals surface area contributed by atoms with E-state index in [1.54, 1.807) is 27.4 Å². The Morgan fingerprint density at radius 2 is 1.26 bits per heavy atom. The van der Waals surface area contributed by atoms with Gasteiger partial charge in [-0.3, -0.25) is 4.79 Å². The van der Waals surface area contributed by atoms with Gasteiger partial charge in [-0.2, -0.15) is 0 Å². The maximum Gasteiger partial charge on any atom is 0.155 e. The molecule has 0 radical (unpaired) electrons. The summed E-state index contributed by atoms with van der Waals surface area (Å²) in [5.41, 5.74) is 7.37. The number of methoxy groups -OCH3 is 4. The van der Waals surface area contributed by atoms with Crippen LogP contribution in [0.25, 0.3) is 44.1 Å². The Bertz CT molecular complexity index is 1980. The van der Waals surface area contributed by atoms with E-state index < -0.39 is 0 Å². The Kier molecular flexibility index (Phi) is 7.69. The van der Waals surface area contributed by atoms with E-state index in [0.29, 0.717) is 50.5 Å². The van der Waals surface area contributed by atoms with E-state index in [1.165, 1.54) is 7.11 Å². The van der Waals surface area contributed by atoms with Gasteiger partial charge in [0.25, 0.3) is 0 Å². The Morgan fingerprint density at radius 3 is 1.84 bits per heavy atom. The molecule has 2 N–H and O–H groups in total. The summed E-state index contributed by atoms with van der Waals surface area (Å²) in [4.78, 5) is 19.4. The summed E-state index contributed by atoms with van der Waals surface area (Å²) in [6.45, 7) is 0. The standard InChI is InChI=1S/C34H28Cl2N2O5/c1-40-26-14-28(42-3)31-23(18-5-9-20(35)10-6-18)16-37-33(31)22(26)13-25-30(19-7-11-21(36)12-8-19)32-29(43-4)15-27(41-2)24(17-39)34(32)38-25/h5-12,14-17,37-38H,13H2,1-4H3. The Balaban J connectivity index is 1.65. The zero-order valence-electron chi connectivity index (χ0n) is 23.9. The molecule has 0 saturated carbocycles. The van der Waals surface area contributed by atoms with Crippen LogP contribution in [0, 0.1) is 0 Å². The molecule has 0 aliphatic rings. The Hall–Kier alpha value is -4.59. The molecule has 2 aromatic heterocycles. The summed E-state index contributed by atoms with van der Waals surface area (Å²) in [6.07, 6.45) is 3.17. The molecular formula is C34H28Cl2N2O5. The second-order valence-corrected chi connectivity index (χ2v) is 10.8. The number of nitrogens with one attached hydrogen (secondary N) is 2. The van der Waals surface area contributed by atoms with Crippen molar-refractivity contribution in [3.8, 4) is 45.3 Å². The molecule has 4 aromatic carbocycles. The van der Waals surface area contributed by atoms with Crippen molar-refractivity contribution < 1.29 is 23.7 Å². The number of aldehydes is 1. The maximum atomic E-state index is 12.4. The molecule has 0 saturated heterocycles. The van der Waals surface area contributed by atoms with Crippen LogP contribution in [-0.4, -0.2) is 44.7 Å². The van der Waals surface area contributed by atoms with Gasteiger partial charge in [-0.15, -0.1) is 0 Å². The van der Waals surface area contributed by atoms with Crippen LogP contribution in [0.15, 0.2) is 66.9 Å². The maximum absolute atomic E-state index is 12.4. The third-order valence-corrected chi connectivity index (χ3v) is 8.25. The normalized spacial score (nSPS) is 11.2. The molecule has 7 nitrogen and oxygen atoms in total. The predicted octanol–water partition coefficient (Wildman–Crippen LogP) is 8.73. The minimum atomic E-state index is 0.400. The third kappa shape index (κ3) is 4.84. The molecule has 0 aliphatic carbocycles. The lowest BCUT2D eigenvalue weighted by molar-refractivity contribution is 0.112. The van der Waals surface area contributed by atoms with Gasteiger partial charge < -0.3 is 28.9 Å². The van der Waals surface area contributed by atoms with Crippen molar-refractivity contribution in [2.45, 2.75) is 6.42 Å². The second-order valence-electron chi connectivity index (χ2n) is 9.94. The first-order valence-electron chi connectivity index (χ1n) is 13.4. The number of carbonyl (C=O) groups is 1. The van der Waals surface area contributed by atoms with Gasteiger partial charge in [0.2, 0.25) is 0 Å². The Morgan fingerprint density at radius 1 is 0.698 bits per heavy atom. The van der Waals surface area contributed by atoms with Gasteiger partial charge in [0, 0.05) is 62.6 Å². The number of benzene rings is 4. The lowest BCUT2D eigenvalue weighted by Crippen LogP contribution is -1.99. The molecule has 0 aliphatic heterocycles. The van der Waals surface area contributed by atoms with Gasteiger partial charge in [-0.05, 0) is 35.4 Å². The van der Waals surface area contributed by atoms with E-state index in [-0.39, 0.29) is 0 Å². The van der Waals surface area contributed by atoms with Crippen molar-refractivity contribution >= 4 is 51.3 Å². The number of fused-ring (bicyclic) bond motifs is 2. The highest BCUT2D eigenvalue weighted by molar-refractivity contribution is 6.31. The quantitative estimate of drug-likeness (QED) is 0.159. The van der Waals surface area contributed by atoms with E-state index in [2.05, 4.69) is 9.97 Å². The number of aromatic amines is 2. The molecule has 0 atom stereocenters. The van der Waals surface area contributed by atoms with E-state index in [9.17, 15) is 4.79 Å². The van der Waals surface area contributed by atoms with Crippen molar-refractivity contribution in [2.75, 3.05) is 28.4 Å². The van der Waals surface area contributed by atoms with E-state index >= 15 is 0 Å². The highest BCUT2D eigenvalue weighted by atomic mass is 35.5. The number of ether oxygens (including phenoxy) is 4. The molecule has 6 rings (SSSR count). The molecule has 218 valence electrons. The van der Waals surface area contributed by atoms with Gasteiger partial charge in [0.1, 0.15) is 23.0 Å². The lowest BCUT2D eigenvalue weighted by atomic mass is 9.95. The van der Waals surface area contributed by atoms with Gasteiger partial charge in [0.05, 0.1) is 50.4 Å². The molecule has 0 fully saturated rings.